The van der Waals surface area contributed by atoms with Crippen LogP contribution in [0.4, 0.5) is 4.39 Å². The largest absolute Gasteiger partial charge is 0.451 e. The lowest BCUT2D eigenvalue weighted by Crippen LogP contribution is -2.28. The topological polar surface area (TPSA) is 68.3 Å². The molecule has 1 amide bonds. The Hall–Kier alpha value is -2.14. The van der Waals surface area contributed by atoms with Gasteiger partial charge in [0.05, 0.1) is 0 Å². The maximum atomic E-state index is 12.8. The second-order valence-electron chi connectivity index (χ2n) is 3.72. The van der Waals surface area contributed by atoms with Crippen molar-refractivity contribution in [1.29, 1.82) is 0 Å². The summed E-state index contributed by atoms with van der Waals surface area (Å²) >= 11 is 0. The van der Waals surface area contributed by atoms with Gasteiger partial charge in [0.1, 0.15) is 11.6 Å². The fourth-order valence-corrected chi connectivity index (χ4v) is 1.50. The van der Waals surface area contributed by atoms with Crippen LogP contribution in [0, 0.1) is 5.82 Å². The van der Waals surface area contributed by atoms with Crippen LogP contribution in [0.5, 0.6) is 0 Å². The molecule has 1 aromatic carbocycles. The number of rotatable bonds is 4. The lowest BCUT2D eigenvalue weighted by atomic mass is 10.2. The number of carbonyl (C=O) groups excluding carboxylic acids is 1. The zero-order chi connectivity index (χ0) is 13.0. The van der Waals surface area contributed by atoms with Crippen molar-refractivity contribution >= 4 is 5.91 Å². The van der Waals surface area contributed by atoms with Crippen LogP contribution >= 0.6 is 0 Å². The summed E-state index contributed by atoms with van der Waals surface area (Å²) in [5, 5.41) is 2.60. The second kappa shape index (κ2) is 5.46. The van der Waals surface area contributed by atoms with E-state index in [2.05, 4.69) is 5.32 Å². The van der Waals surface area contributed by atoms with Gasteiger partial charge >= 0.3 is 0 Å². The van der Waals surface area contributed by atoms with Crippen molar-refractivity contribution in [2.24, 2.45) is 5.73 Å². The van der Waals surface area contributed by atoms with E-state index in [4.69, 9.17) is 10.2 Å². The first-order valence-electron chi connectivity index (χ1n) is 5.55. The first kappa shape index (κ1) is 12.3. The second-order valence-corrected chi connectivity index (χ2v) is 3.72. The van der Waals surface area contributed by atoms with Crippen molar-refractivity contribution in [3.63, 3.8) is 0 Å². The van der Waals surface area contributed by atoms with Gasteiger partial charge in [0.15, 0.2) is 5.76 Å². The van der Waals surface area contributed by atoms with E-state index in [0.29, 0.717) is 24.4 Å². The molecule has 94 valence electrons. The van der Waals surface area contributed by atoms with Gasteiger partial charge in [0, 0.05) is 18.7 Å². The summed E-state index contributed by atoms with van der Waals surface area (Å²) in [5.41, 5.74) is 6.00. The Morgan fingerprint density at radius 1 is 1.22 bits per heavy atom. The minimum absolute atomic E-state index is 0.211. The molecule has 0 spiro atoms. The first-order valence-corrected chi connectivity index (χ1v) is 5.55. The van der Waals surface area contributed by atoms with E-state index in [9.17, 15) is 9.18 Å². The maximum absolute atomic E-state index is 12.8. The number of hydrogen-bond donors (Lipinski definition) is 2. The SMILES string of the molecule is NCCNC(=O)c1ccc(-c2ccc(F)cc2)o1. The van der Waals surface area contributed by atoms with Gasteiger partial charge in [-0.3, -0.25) is 4.79 Å². The van der Waals surface area contributed by atoms with Crippen LogP contribution in [0.3, 0.4) is 0 Å². The van der Waals surface area contributed by atoms with Gasteiger partial charge < -0.3 is 15.5 Å². The molecular formula is C13H13FN2O2. The van der Waals surface area contributed by atoms with Gasteiger partial charge in [-0.2, -0.15) is 0 Å². The Labute approximate surface area is 104 Å². The zero-order valence-corrected chi connectivity index (χ0v) is 9.65. The van der Waals surface area contributed by atoms with Crippen LogP contribution in [-0.4, -0.2) is 19.0 Å². The number of benzene rings is 1. The minimum atomic E-state index is -0.314. The van der Waals surface area contributed by atoms with Gasteiger partial charge in [-0.05, 0) is 36.4 Å². The molecule has 0 fully saturated rings. The number of nitrogens with two attached hydrogens (primary N) is 1. The maximum Gasteiger partial charge on any atom is 0.287 e. The third kappa shape index (κ3) is 2.75. The molecule has 0 saturated carbocycles. The highest BCUT2D eigenvalue weighted by atomic mass is 19.1. The molecule has 3 N–H and O–H groups in total. The summed E-state index contributed by atoms with van der Waals surface area (Å²) in [4.78, 5) is 11.6. The van der Waals surface area contributed by atoms with Crippen molar-refractivity contribution in [2.45, 2.75) is 0 Å². The fraction of sp³-hybridized carbons (Fsp3) is 0.154. The van der Waals surface area contributed by atoms with E-state index >= 15 is 0 Å². The minimum Gasteiger partial charge on any atom is -0.451 e. The van der Waals surface area contributed by atoms with Crippen LogP contribution in [0.1, 0.15) is 10.6 Å². The van der Waals surface area contributed by atoms with Crippen molar-refractivity contribution in [3.05, 3.63) is 48.0 Å². The molecule has 0 bridgehead atoms. The van der Waals surface area contributed by atoms with Crippen molar-refractivity contribution in [1.82, 2.24) is 5.32 Å². The van der Waals surface area contributed by atoms with Crippen LogP contribution in [0.15, 0.2) is 40.8 Å². The zero-order valence-electron chi connectivity index (χ0n) is 9.65. The predicted octanol–water partition coefficient (Wildman–Crippen LogP) is 1.77. The molecule has 0 aliphatic rings. The molecule has 0 radical (unpaired) electrons. The van der Waals surface area contributed by atoms with Gasteiger partial charge in [0.25, 0.3) is 5.91 Å². The highest BCUT2D eigenvalue weighted by molar-refractivity contribution is 5.92. The summed E-state index contributed by atoms with van der Waals surface area (Å²) < 4.78 is 18.2. The summed E-state index contributed by atoms with van der Waals surface area (Å²) in [5.74, 6) is 0.107. The molecule has 2 aromatic rings. The average Bonchev–Trinajstić information content (AvgIpc) is 2.86. The molecular weight excluding hydrogens is 235 g/mol. The number of nitrogens with one attached hydrogen (secondary N) is 1. The number of amides is 1. The molecule has 5 heteroatoms. The van der Waals surface area contributed by atoms with E-state index in [1.54, 1.807) is 24.3 Å². The number of carbonyl (C=O) groups is 1. The third-order valence-corrected chi connectivity index (χ3v) is 2.39. The van der Waals surface area contributed by atoms with Crippen molar-refractivity contribution in [2.75, 3.05) is 13.1 Å². The van der Waals surface area contributed by atoms with Crippen LogP contribution in [0.25, 0.3) is 11.3 Å². The smallest absolute Gasteiger partial charge is 0.287 e. The van der Waals surface area contributed by atoms with Crippen molar-refractivity contribution < 1.29 is 13.6 Å². The summed E-state index contributed by atoms with van der Waals surface area (Å²) in [6.07, 6.45) is 0. The Bertz CT molecular complexity index is 534. The quantitative estimate of drug-likeness (QED) is 0.866. The van der Waals surface area contributed by atoms with Gasteiger partial charge in [-0.15, -0.1) is 0 Å². The van der Waals surface area contributed by atoms with E-state index in [-0.39, 0.29) is 17.5 Å². The lowest BCUT2D eigenvalue weighted by Gasteiger charge is -2.00. The van der Waals surface area contributed by atoms with Gasteiger partial charge in [-0.1, -0.05) is 0 Å². The fourth-order valence-electron chi connectivity index (χ4n) is 1.50. The summed E-state index contributed by atoms with van der Waals surface area (Å²) in [7, 11) is 0. The Morgan fingerprint density at radius 3 is 2.61 bits per heavy atom. The highest BCUT2D eigenvalue weighted by Gasteiger charge is 2.11. The number of hydrogen-bond acceptors (Lipinski definition) is 3. The molecule has 0 aliphatic heterocycles. The highest BCUT2D eigenvalue weighted by Crippen LogP contribution is 2.22. The Balaban J connectivity index is 2.15. The molecule has 1 aromatic heterocycles. The lowest BCUT2D eigenvalue weighted by molar-refractivity contribution is 0.0928. The van der Waals surface area contributed by atoms with E-state index in [0.717, 1.165) is 0 Å². The standard InChI is InChI=1S/C13H13FN2O2/c14-10-3-1-9(2-4-10)11-5-6-12(18-11)13(17)16-8-7-15/h1-6H,7-8,15H2,(H,16,17). The van der Waals surface area contributed by atoms with E-state index < -0.39 is 0 Å². The number of furan rings is 1. The third-order valence-electron chi connectivity index (χ3n) is 2.39. The van der Waals surface area contributed by atoms with Crippen LogP contribution in [-0.2, 0) is 0 Å². The molecule has 0 aliphatic carbocycles. The van der Waals surface area contributed by atoms with Gasteiger partial charge in [-0.25, -0.2) is 4.39 Å². The van der Waals surface area contributed by atoms with Crippen molar-refractivity contribution in [3.8, 4) is 11.3 Å². The van der Waals surface area contributed by atoms with Crippen LogP contribution in [0.2, 0.25) is 0 Å². The average molecular weight is 248 g/mol. The number of halogens is 1. The van der Waals surface area contributed by atoms with E-state index in [1.165, 1.54) is 12.1 Å². The molecule has 4 nitrogen and oxygen atoms in total. The molecule has 2 rings (SSSR count). The Kier molecular flexibility index (Phi) is 3.74. The predicted molar refractivity (Wildman–Crippen MR) is 65.5 cm³/mol. The molecule has 0 saturated heterocycles. The molecule has 0 unspecified atom stereocenters. The van der Waals surface area contributed by atoms with Gasteiger partial charge in [0.2, 0.25) is 0 Å². The first-order chi connectivity index (χ1) is 8.70. The Morgan fingerprint density at radius 2 is 1.94 bits per heavy atom. The summed E-state index contributed by atoms with van der Waals surface area (Å²) in [6, 6.07) is 9.11. The van der Waals surface area contributed by atoms with Crippen LogP contribution < -0.4 is 11.1 Å². The summed E-state index contributed by atoms with van der Waals surface area (Å²) in [6.45, 7) is 0.767. The molecule has 1 heterocycles. The normalized spacial score (nSPS) is 10.3. The monoisotopic (exact) mass is 248 g/mol. The molecule has 0 atom stereocenters. The van der Waals surface area contributed by atoms with E-state index in [1.807, 2.05) is 0 Å². The molecule has 18 heavy (non-hydrogen) atoms.